The third-order valence-electron chi connectivity index (χ3n) is 2.96. The Labute approximate surface area is 101 Å². The Morgan fingerprint density at radius 3 is 2.65 bits per heavy atom. The van der Waals surface area contributed by atoms with Crippen molar-refractivity contribution in [3.63, 3.8) is 0 Å². The lowest BCUT2D eigenvalue weighted by Gasteiger charge is -2.32. The lowest BCUT2D eigenvalue weighted by atomic mass is 10.1. The van der Waals surface area contributed by atoms with E-state index in [0.717, 1.165) is 0 Å². The van der Waals surface area contributed by atoms with E-state index < -0.39 is 5.72 Å². The van der Waals surface area contributed by atoms with Crippen molar-refractivity contribution in [1.82, 2.24) is 4.90 Å². The summed E-state index contributed by atoms with van der Waals surface area (Å²) in [5, 5.41) is 0. The standard InChI is InChI=1S/C13H17NO3/c1-13(2)14(11(16-3)9-17-13)12(15)10-7-5-4-6-8-10/h4-8,11H,9H2,1-3H3. The smallest absolute Gasteiger partial charge is 0.258 e. The van der Waals surface area contributed by atoms with Gasteiger partial charge in [0.25, 0.3) is 5.91 Å². The third kappa shape index (κ3) is 2.18. The molecule has 4 nitrogen and oxygen atoms in total. The lowest BCUT2D eigenvalue weighted by Crippen LogP contribution is -2.48. The van der Waals surface area contributed by atoms with Crippen LogP contribution in [0.3, 0.4) is 0 Å². The highest BCUT2D eigenvalue weighted by atomic mass is 16.6. The summed E-state index contributed by atoms with van der Waals surface area (Å²) in [5.41, 5.74) is 0.0151. The Balaban J connectivity index is 2.29. The summed E-state index contributed by atoms with van der Waals surface area (Å²) in [7, 11) is 1.58. The molecule has 1 aliphatic heterocycles. The molecule has 17 heavy (non-hydrogen) atoms. The highest BCUT2D eigenvalue weighted by Gasteiger charge is 2.44. The molecule has 0 N–H and O–H groups in total. The average molecular weight is 235 g/mol. The summed E-state index contributed by atoms with van der Waals surface area (Å²) in [4.78, 5) is 14.0. The van der Waals surface area contributed by atoms with Crippen LogP contribution < -0.4 is 0 Å². The number of hydrogen-bond donors (Lipinski definition) is 0. The number of hydrogen-bond acceptors (Lipinski definition) is 3. The van der Waals surface area contributed by atoms with Gasteiger partial charge in [0.15, 0.2) is 6.23 Å². The van der Waals surface area contributed by atoms with Gasteiger partial charge in [0.05, 0.1) is 6.61 Å². The molecule has 1 heterocycles. The third-order valence-corrected chi connectivity index (χ3v) is 2.96. The van der Waals surface area contributed by atoms with E-state index in [-0.39, 0.29) is 12.1 Å². The normalized spacial score (nSPS) is 22.8. The van der Waals surface area contributed by atoms with Gasteiger partial charge in [-0.25, -0.2) is 0 Å². The fraction of sp³-hybridized carbons (Fsp3) is 0.462. The Morgan fingerprint density at radius 2 is 2.06 bits per heavy atom. The average Bonchev–Trinajstić information content (AvgIpc) is 2.64. The van der Waals surface area contributed by atoms with Crippen LogP contribution in [0.5, 0.6) is 0 Å². The predicted octanol–water partition coefficient (Wildman–Crippen LogP) is 1.87. The quantitative estimate of drug-likeness (QED) is 0.785. The largest absolute Gasteiger partial charge is 0.359 e. The van der Waals surface area contributed by atoms with Crippen molar-refractivity contribution >= 4 is 5.91 Å². The summed E-state index contributed by atoms with van der Waals surface area (Å²) in [6, 6.07) is 9.17. The molecule has 1 atom stereocenters. The number of carbonyl (C=O) groups is 1. The second kappa shape index (κ2) is 4.47. The molecule has 0 aromatic heterocycles. The molecule has 1 amide bonds. The van der Waals surface area contributed by atoms with E-state index in [2.05, 4.69) is 0 Å². The Bertz CT molecular complexity index is 402. The van der Waals surface area contributed by atoms with Crippen LogP contribution in [0.4, 0.5) is 0 Å². The Morgan fingerprint density at radius 1 is 1.41 bits per heavy atom. The van der Waals surface area contributed by atoms with Crippen LogP contribution in [0.2, 0.25) is 0 Å². The van der Waals surface area contributed by atoms with E-state index in [9.17, 15) is 4.79 Å². The van der Waals surface area contributed by atoms with Gasteiger partial charge in [-0.3, -0.25) is 9.69 Å². The molecule has 0 saturated carbocycles. The molecule has 1 unspecified atom stereocenters. The second-order valence-corrected chi connectivity index (χ2v) is 4.49. The van der Waals surface area contributed by atoms with Crippen LogP contribution in [0.25, 0.3) is 0 Å². The van der Waals surface area contributed by atoms with Crippen molar-refractivity contribution in [2.45, 2.75) is 25.8 Å². The molecule has 1 aromatic rings. The van der Waals surface area contributed by atoms with Gasteiger partial charge in [-0.05, 0) is 26.0 Å². The first-order valence-corrected chi connectivity index (χ1v) is 5.62. The van der Waals surface area contributed by atoms with Crippen molar-refractivity contribution in [3.8, 4) is 0 Å². The molecule has 0 spiro atoms. The second-order valence-electron chi connectivity index (χ2n) is 4.49. The van der Waals surface area contributed by atoms with E-state index in [1.165, 1.54) is 0 Å². The number of rotatable bonds is 2. The van der Waals surface area contributed by atoms with Gasteiger partial charge >= 0.3 is 0 Å². The van der Waals surface area contributed by atoms with Crippen molar-refractivity contribution in [2.75, 3.05) is 13.7 Å². The van der Waals surface area contributed by atoms with Gasteiger partial charge in [-0.2, -0.15) is 0 Å². The fourth-order valence-corrected chi connectivity index (χ4v) is 2.03. The summed E-state index contributed by atoms with van der Waals surface area (Å²) in [5.74, 6) is -0.0695. The molecule has 0 radical (unpaired) electrons. The van der Waals surface area contributed by atoms with Crippen molar-refractivity contribution in [2.24, 2.45) is 0 Å². The molecule has 1 aliphatic rings. The van der Waals surface area contributed by atoms with Crippen molar-refractivity contribution < 1.29 is 14.3 Å². The maximum Gasteiger partial charge on any atom is 0.258 e. The SMILES string of the molecule is COC1COC(C)(C)N1C(=O)c1ccccc1. The van der Waals surface area contributed by atoms with E-state index in [1.807, 2.05) is 32.0 Å². The minimum absolute atomic E-state index is 0.0695. The monoisotopic (exact) mass is 235 g/mol. The first kappa shape index (κ1) is 12.1. The van der Waals surface area contributed by atoms with Crippen LogP contribution in [-0.2, 0) is 9.47 Å². The van der Waals surface area contributed by atoms with Gasteiger partial charge in [0, 0.05) is 12.7 Å². The molecular weight excluding hydrogens is 218 g/mol. The highest BCUT2D eigenvalue weighted by Crippen LogP contribution is 2.29. The summed E-state index contributed by atoms with van der Waals surface area (Å²) in [6.45, 7) is 4.14. The van der Waals surface area contributed by atoms with Gasteiger partial charge in [0.1, 0.15) is 5.72 Å². The number of amides is 1. The van der Waals surface area contributed by atoms with E-state index in [0.29, 0.717) is 12.2 Å². The van der Waals surface area contributed by atoms with E-state index >= 15 is 0 Å². The maximum absolute atomic E-state index is 12.4. The predicted molar refractivity (Wildman–Crippen MR) is 63.4 cm³/mol. The molecule has 2 rings (SSSR count). The van der Waals surface area contributed by atoms with Gasteiger partial charge in [-0.1, -0.05) is 18.2 Å². The summed E-state index contributed by atoms with van der Waals surface area (Å²) in [6.07, 6.45) is -0.322. The minimum Gasteiger partial charge on any atom is -0.359 e. The molecule has 0 bridgehead atoms. The number of ether oxygens (including phenoxy) is 2. The molecule has 1 fully saturated rings. The van der Waals surface area contributed by atoms with Crippen LogP contribution in [0.15, 0.2) is 30.3 Å². The summed E-state index contributed by atoms with van der Waals surface area (Å²) < 4.78 is 10.9. The lowest BCUT2D eigenvalue weighted by molar-refractivity contribution is -0.0569. The minimum atomic E-state index is -0.631. The van der Waals surface area contributed by atoms with Crippen LogP contribution in [0, 0.1) is 0 Å². The summed E-state index contributed by atoms with van der Waals surface area (Å²) >= 11 is 0. The zero-order valence-electron chi connectivity index (χ0n) is 10.3. The number of benzene rings is 1. The first-order chi connectivity index (χ1) is 8.06. The molecule has 92 valence electrons. The molecule has 1 saturated heterocycles. The molecular formula is C13H17NO3. The van der Waals surface area contributed by atoms with Gasteiger partial charge < -0.3 is 9.47 Å². The van der Waals surface area contributed by atoms with Gasteiger partial charge in [0.2, 0.25) is 0 Å². The van der Waals surface area contributed by atoms with Gasteiger partial charge in [-0.15, -0.1) is 0 Å². The molecule has 1 aromatic carbocycles. The van der Waals surface area contributed by atoms with E-state index in [4.69, 9.17) is 9.47 Å². The fourth-order valence-electron chi connectivity index (χ4n) is 2.03. The molecule has 4 heteroatoms. The Hall–Kier alpha value is -1.39. The molecule has 0 aliphatic carbocycles. The van der Waals surface area contributed by atoms with Crippen LogP contribution >= 0.6 is 0 Å². The Kier molecular flexibility index (Phi) is 3.17. The highest BCUT2D eigenvalue weighted by molar-refractivity contribution is 5.94. The number of carbonyl (C=O) groups excluding carboxylic acids is 1. The van der Waals surface area contributed by atoms with Crippen molar-refractivity contribution in [3.05, 3.63) is 35.9 Å². The van der Waals surface area contributed by atoms with Crippen LogP contribution in [-0.4, -0.2) is 36.5 Å². The topological polar surface area (TPSA) is 38.8 Å². The number of methoxy groups -OCH3 is 1. The first-order valence-electron chi connectivity index (χ1n) is 5.62. The van der Waals surface area contributed by atoms with E-state index in [1.54, 1.807) is 24.1 Å². The maximum atomic E-state index is 12.4. The zero-order valence-corrected chi connectivity index (χ0v) is 10.3. The zero-order chi connectivity index (χ0) is 12.5. The van der Waals surface area contributed by atoms with Crippen molar-refractivity contribution in [1.29, 1.82) is 0 Å². The van der Waals surface area contributed by atoms with Crippen LogP contribution in [0.1, 0.15) is 24.2 Å². The number of nitrogens with zero attached hydrogens (tertiary/aromatic N) is 1.